The third kappa shape index (κ3) is 2.61. The quantitative estimate of drug-likeness (QED) is 0.851. The molecule has 0 bridgehead atoms. The molecule has 1 aromatic rings. The lowest BCUT2D eigenvalue weighted by atomic mass is 10.1. The third-order valence-corrected chi connectivity index (χ3v) is 3.64. The maximum atomic E-state index is 6.02. The summed E-state index contributed by atoms with van der Waals surface area (Å²) in [6, 6.07) is 0. The molecule has 0 saturated carbocycles. The van der Waals surface area contributed by atoms with Crippen LogP contribution in [0.25, 0.3) is 0 Å². The van der Waals surface area contributed by atoms with E-state index in [1.165, 1.54) is 5.56 Å². The van der Waals surface area contributed by atoms with Gasteiger partial charge in [0, 0.05) is 39.4 Å². The molecule has 1 aliphatic rings. The fraction of sp³-hybridized carbons (Fsp3) is 0.750. The van der Waals surface area contributed by atoms with E-state index in [1.54, 1.807) is 11.8 Å². The van der Waals surface area contributed by atoms with Crippen LogP contribution in [0.4, 0.5) is 5.82 Å². The maximum absolute atomic E-state index is 6.02. The number of anilines is 1. The molecule has 0 aliphatic carbocycles. The number of methoxy groups -OCH3 is 1. The molecule has 5 heteroatoms. The average molecular weight is 238 g/mol. The zero-order valence-corrected chi connectivity index (χ0v) is 10.9. The van der Waals surface area contributed by atoms with Crippen molar-refractivity contribution in [3.05, 3.63) is 11.3 Å². The lowest BCUT2D eigenvalue weighted by Gasteiger charge is -2.31. The number of nitrogens with two attached hydrogens (primary N) is 1. The highest BCUT2D eigenvalue weighted by Crippen LogP contribution is 2.20. The van der Waals surface area contributed by atoms with Gasteiger partial charge in [0.05, 0.1) is 11.8 Å². The molecule has 0 unspecified atom stereocenters. The van der Waals surface area contributed by atoms with Crippen molar-refractivity contribution in [3.63, 3.8) is 0 Å². The van der Waals surface area contributed by atoms with Crippen molar-refractivity contribution in [2.45, 2.75) is 32.4 Å². The van der Waals surface area contributed by atoms with Gasteiger partial charge in [-0.15, -0.1) is 0 Å². The van der Waals surface area contributed by atoms with Gasteiger partial charge in [-0.3, -0.25) is 9.58 Å². The number of piperidine rings is 1. The van der Waals surface area contributed by atoms with Gasteiger partial charge in [0.2, 0.25) is 0 Å². The largest absolute Gasteiger partial charge is 0.384 e. The van der Waals surface area contributed by atoms with E-state index in [0.717, 1.165) is 44.0 Å². The second-order valence-corrected chi connectivity index (χ2v) is 4.78. The van der Waals surface area contributed by atoms with Crippen LogP contribution in [0, 0.1) is 6.92 Å². The van der Waals surface area contributed by atoms with Gasteiger partial charge in [0.25, 0.3) is 0 Å². The summed E-state index contributed by atoms with van der Waals surface area (Å²) in [5.74, 6) is 0.788. The van der Waals surface area contributed by atoms with E-state index in [0.29, 0.717) is 6.10 Å². The standard InChI is InChI=1S/C12H22N4O/c1-9-11(12(13)15(2)14-9)8-16-6-4-10(17-3)5-7-16/h10H,4-8,13H2,1-3H3. The van der Waals surface area contributed by atoms with E-state index < -0.39 is 0 Å². The highest BCUT2D eigenvalue weighted by Gasteiger charge is 2.21. The first-order valence-electron chi connectivity index (χ1n) is 6.15. The molecular weight excluding hydrogens is 216 g/mol. The van der Waals surface area contributed by atoms with Gasteiger partial charge in [-0.2, -0.15) is 5.10 Å². The van der Waals surface area contributed by atoms with Crippen molar-refractivity contribution in [1.82, 2.24) is 14.7 Å². The number of aryl methyl sites for hydroxylation is 2. The first kappa shape index (κ1) is 12.4. The SMILES string of the molecule is COC1CCN(Cc2c(C)nn(C)c2N)CC1. The van der Waals surface area contributed by atoms with Gasteiger partial charge in [0.1, 0.15) is 5.82 Å². The van der Waals surface area contributed by atoms with Crippen molar-refractivity contribution < 1.29 is 4.74 Å². The highest BCUT2D eigenvalue weighted by atomic mass is 16.5. The molecule has 5 nitrogen and oxygen atoms in total. The van der Waals surface area contributed by atoms with E-state index >= 15 is 0 Å². The minimum atomic E-state index is 0.429. The lowest BCUT2D eigenvalue weighted by molar-refractivity contribution is 0.0389. The molecular formula is C12H22N4O. The van der Waals surface area contributed by atoms with Gasteiger partial charge in [0.15, 0.2) is 0 Å². The summed E-state index contributed by atoms with van der Waals surface area (Å²) in [6.45, 7) is 5.08. The first-order chi connectivity index (χ1) is 8.11. The second-order valence-electron chi connectivity index (χ2n) is 4.78. The molecule has 0 amide bonds. The second kappa shape index (κ2) is 5.06. The van der Waals surface area contributed by atoms with E-state index in [9.17, 15) is 0 Å². The van der Waals surface area contributed by atoms with Gasteiger partial charge in [-0.1, -0.05) is 0 Å². The molecule has 17 heavy (non-hydrogen) atoms. The molecule has 0 radical (unpaired) electrons. The predicted octanol–water partition coefficient (Wildman–Crippen LogP) is 0.922. The van der Waals surface area contributed by atoms with Crippen LogP contribution in [0.3, 0.4) is 0 Å². The Balaban J connectivity index is 1.98. The molecule has 0 atom stereocenters. The van der Waals surface area contributed by atoms with E-state index in [-0.39, 0.29) is 0 Å². The Morgan fingerprint density at radius 2 is 2.06 bits per heavy atom. The van der Waals surface area contributed by atoms with Crippen molar-refractivity contribution in [3.8, 4) is 0 Å². The molecule has 1 fully saturated rings. The number of likely N-dealkylation sites (tertiary alicyclic amines) is 1. The summed E-state index contributed by atoms with van der Waals surface area (Å²) < 4.78 is 7.13. The fourth-order valence-corrected chi connectivity index (χ4v) is 2.44. The number of aromatic nitrogens is 2. The van der Waals surface area contributed by atoms with Crippen LogP contribution >= 0.6 is 0 Å². The normalized spacial score (nSPS) is 18.8. The van der Waals surface area contributed by atoms with E-state index in [1.807, 2.05) is 14.0 Å². The number of hydrogen-bond donors (Lipinski definition) is 1. The Morgan fingerprint density at radius 3 is 2.53 bits per heavy atom. The van der Waals surface area contributed by atoms with Gasteiger partial charge < -0.3 is 10.5 Å². The molecule has 2 heterocycles. The number of hydrogen-bond acceptors (Lipinski definition) is 4. The zero-order valence-electron chi connectivity index (χ0n) is 10.9. The lowest BCUT2D eigenvalue weighted by Crippen LogP contribution is -2.36. The molecule has 96 valence electrons. The average Bonchev–Trinajstić information content (AvgIpc) is 2.57. The van der Waals surface area contributed by atoms with Crippen LogP contribution in [0.15, 0.2) is 0 Å². The minimum Gasteiger partial charge on any atom is -0.384 e. The molecule has 2 N–H and O–H groups in total. The Hall–Kier alpha value is -1.07. The Bertz CT molecular complexity index is 380. The van der Waals surface area contributed by atoms with E-state index in [2.05, 4.69) is 10.00 Å². The van der Waals surface area contributed by atoms with Crippen LogP contribution in [0.5, 0.6) is 0 Å². The van der Waals surface area contributed by atoms with Crippen LogP contribution in [0.2, 0.25) is 0 Å². The monoisotopic (exact) mass is 238 g/mol. The predicted molar refractivity (Wildman–Crippen MR) is 67.7 cm³/mol. The molecule has 1 aliphatic heterocycles. The highest BCUT2D eigenvalue weighted by molar-refractivity contribution is 5.42. The number of nitrogens with zero attached hydrogens (tertiary/aromatic N) is 3. The molecule has 1 aromatic heterocycles. The van der Waals surface area contributed by atoms with Crippen LogP contribution in [-0.4, -0.2) is 41.0 Å². The number of rotatable bonds is 3. The van der Waals surface area contributed by atoms with Crippen LogP contribution < -0.4 is 5.73 Å². The number of ether oxygens (including phenoxy) is 1. The molecule has 0 aromatic carbocycles. The first-order valence-corrected chi connectivity index (χ1v) is 6.15. The Labute approximate surface area is 103 Å². The van der Waals surface area contributed by atoms with Crippen molar-refractivity contribution in [2.75, 3.05) is 25.9 Å². The van der Waals surface area contributed by atoms with Crippen LogP contribution in [0.1, 0.15) is 24.1 Å². The smallest absolute Gasteiger partial charge is 0.126 e. The minimum absolute atomic E-state index is 0.429. The summed E-state index contributed by atoms with van der Waals surface area (Å²) in [7, 11) is 3.69. The zero-order chi connectivity index (χ0) is 12.4. The summed E-state index contributed by atoms with van der Waals surface area (Å²) >= 11 is 0. The fourth-order valence-electron chi connectivity index (χ4n) is 2.44. The van der Waals surface area contributed by atoms with Crippen molar-refractivity contribution in [2.24, 2.45) is 7.05 Å². The maximum Gasteiger partial charge on any atom is 0.126 e. The van der Waals surface area contributed by atoms with Gasteiger partial charge in [-0.05, 0) is 19.8 Å². The van der Waals surface area contributed by atoms with Crippen molar-refractivity contribution in [1.29, 1.82) is 0 Å². The molecule has 0 spiro atoms. The summed E-state index contributed by atoms with van der Waals surface area (Å²) in [5, 5.41) is 4.35. The summed E-state index contributed by atoms with van der Waals surface area (Å²) in [5.41, 5.74) is 8.23. The summed E-state index contributed by atoms with van der Waals surface area (Å²) in [6.07, 6.45) is 2.64. The van der Waals surface area contributed by atoms with E-state index in [4.69, 9.17) is 10.5 Å². The number of nitrogen functional groups attached to an aromatic ring is 1. The van der Waals surface area contributed by atoms with Gasteiger partial charge in [-0.25, -0.2) is 0 Å². The van der Waals surface area contributed by atoms with Crippen LogP contribution in [-0.2, 0) is 18.3 Å². The Morgan fingerprint density at radius 1 is 1.41 bits per heavy atom. The van der Waals surface area contributed by atoms with Crippen molar-refractivity contribution >= 4 is 5.82 Å². The van der Waals surface area contributed by atoms with Gasteiger partial charge >= 0.3 is 0 Å². The Kier molecular flexibility index (Phi) is 3.69. The molecule has 1 saturated heterocycles. The topological polar surface area (TPSA) is 56.3 Å². The molecule has 2 rings (SSSR count). The third-order valence-electron chi connectivity index (χ3n) is 3.64. The summed E-state index contributed by atoms with van der Waals surface area (Å²) in [4.78, 5) is 2.43.